The van der Waals surface area contributed by atoms with Crippen LogP contribution in [0, 0.1) is 17.0 Å². The number of aliphatic hydroxyl groups is 1. The van der Waals surface area contributed by atoms with Gasteiger partial charge in [-0.2, -0.15) is 10.1 Å². The second-order valence-corrected chi connectivity index (χ2v) is 8.77. The fourth-order valence-electron chi connectivity index (χ4n) is 3.90. The van der Waals surface area contributed by atoms with E-state index in [2.05, 4.69) is 15.5 Å². The highest BCUT2D eigenvalue weighted by atomic mass is 16.6. The van der Waals surface area contributed by atoms with Crippen molar-refractivity contribution in [1.29, 1.82) is 0 Å². The molecular formula is C25H27N7O6. The van der Waals surface area contributed by atoms with Crippen molar-refractivity contribution >= 4 is 28.5 Å². The fourth-order valence-corrected chi connectivity index (χ4v) is 3.90. The number of hydrogen-bond acceptors (Lipinski definition) is 9. The number of hydrogen-bond donors (Lipinski definition) is 2. The van der Waals surface area contributed by atoms with Gasteiger partial charge in [-0.05, 0) is 43.2 Å². The minimum atomic E-state index is -1.03. The van der Waals surface area contributed by atoms with Crippen LogP contribution in [0.2, 0.25) is 0 Å². The van der Waals surface area contributed by atoms with Gasteiger partial charge in [-0.3, -0.25) is 24.0 Å². The highest BCUT2D eigenvalue weighted by molar-refractivity contribution is 5.99. The molecule has 0 saturated carbocycles. The van der Waals surface area contributed by atoms with Crippen LogP contribution in [-0.4, -0.2) is 47.1 Å². The second kappa shape index (κ2) is 10.7. The van der Waals surface area contributed by atoms with Crippen LogP contribution in [0.4, 0.5) is 11.6 Å². The fraction of sp³-hybridized carbons (Fsp3) is 0.280. The van der Waals surface area contributed by atoms with Gasteiger partial charge in [0, 0.05) is 26.2 Å². The molecule has 4 aromatic rings. The number of aliphatic hydroxyl groups excluding tert-OH is 1. The third-order valence-corrected chi connectivity index (χ3v) is 6.09. The lowest BCUT2D eigenvalue weighted by atomic mass is 10.1. The van der Waals surface area contributed by atoms with E-state index < -0.39 is 22.3 Å². The van der Waals surface area contributed by atoms with Gasteiger partial charge in [0.05, 0.1) is 17.2 Å². The summed E-state index contributed by atoms with van der Waals surface area (Å²) in [6, 6.07) is 13.3. The van der Waals surface area contributed by atoms with E-state index in [0.29, 0.717) is 17.0 Å². The maximum atomic E-state index is 13.0. The van der Waals surface area contributed by atoms with Crippen molar-refractivity contribution in [3.8, 4) is 5.75 Å². The molecule has 0 amide bonds. The summed E-state index contributed by atoms with van der Waals surface area (Å²) in [6.07, 6.45) is -1.03. The standard InChI is InChI=1S/C25H27N7O6/c1-15-7-5-6-8-20(15)38-14-19(33)13-31-21-22(29(3)25(35)30(4)23(21)34)26-24(31)28-27-16(2)17-9-11-18(12-10-17)32(36)37/h5-12,19,33H,13-14H2,1-4H3,(H,26,28)/b27-16+/t19-/m0/s1. The third-order valence-electron chi connectivity index (χ3n) is 6.09. The van der Waals surface area contributed by atoms with E-state index in [9.17, 15) is 24.8 Å². The Hall–Kier alpha value is -4.78. The Kier molecular flexibility index (Phi) is 7.39. The Bertz CT molecular complexity index is 1650. The van der Waals surface area contributed by atoms with E-state index in [1.165, 1.54) is 35.4 Å². The lowest BCUT2D eigenvalue weighted by Crippen LogP contribution is -2.38. The van der Waals surface area contributed by atoms with E-state index in [1.54, 1.807) is 25.1 Å². The smallest absolute Gasteiger partial charge is 0.332 e. The van der Waals surface area contributed by atoms with Gasteiger partial charge >= 0.3 is 5.69 Å². The molecule has 198 valence electrons. The average molecular weight is 522 g/mol. The molecule has 4 rings (SSSR count). The van der Waals surface area contributed by atoms with E-state index in [1.807, 2.05) is 25.1 Å². The molecule has 2 N–H and O–H groups in total. The summed E-state index contributed by atoms with van der Waals surface area (Å²) in [7, 11) is 2.86. The van der Waals surface area contributed by atoms with E-state index in [0.717, 1.165) is 10.1 Å². The van der Waals surface area contributed by atoms with Gasteiger partial charge in [0.25, 0.3) is 11.2 Å². The molecule has 1 atom stereocenters. The summed E-state index contributed by atoms with van der Waals surface area (Å²) in [6.45, 7) is 3.45. The number of aromatic nitrogens is 4. The molecule has 13 nitrogen and oxygen atoms in total. The van der Waals surface area contributed by atoms with Crippen LogP contribution >= 0.6 is 0 Å². The largest absolute Gasteiger partial charge is 0.491 e. The zero-order valence-electron chi connectivity index (χ0n) is 21.3. The lowest BCUT2D eigenvalue weighted by Gasteiger charge is -2.16. The number of nitro groups is 1. The van der Waals surface area contributed by atoms with Crippen LogP contribution in [0.15, 0.2) is 63.2 Å². The predicted molar refractivity (Wildman–Crippen MR) is 142 cm³/mol. The molecular weight excluding hydrogens is 494 g/mol. The number of nitro benzene ring substituents is 1. The molecule has 0 aliphatic heterocycles. The molecule has 0 aliphatic carbocycles. The molecule has 0 fully saturated rings. The number of fused-ring (bicyclic) bond motifs is 1. The zero-order valence-corrected chi connectivity index (χ0v) is 21.3. The zero-order chi connectivity index (χ0) is 27.6. The van der Waals surface area contributed by atoms with Crippen molar-refractivity contribution in [2.24, 2.45) is 19.2 Å². The molecule has 2 aromatic carbocycles. The molecule has 0 unspecified atom stereocenters. The van der Waals surface area contributed by atoms with Crippen molar-refractivity contribution in [3.63, 3.8) is 0 Å². The molecule has 0 bridgehead atoms. The summed E-state index contributed by atoms with van der Waals surface area (Å²) >= 11 is 0. The highest BCUT2D eigenvalue weighted by Crippen LogP contribution is 2.19. The second-order valence-electron chi connectivity index (χ2n) is 8.77. The van der Waals surface area contributed by atoms with Crippen molar-refractivity contribution in [3.05, 3.63) is 90.6 Å². The number of anilines is 1. The van der Waals surface area contributed by atoms with Gasteiger partial charge in [-0.1, -0.05) is 18.2 Å². The minimum Gasteiger partial charge on any atom is -0.491 e. The Labute approximate surface area is 216 Å². The van der Waals surface area contributed by atoms with Gasteiger partial charge < -0.3 is 14.4 Å². The normalized spacial score (nSPS) is 12.5. The number of rotatable bonds is 9. The summed E-state index contributed by atoms with van der Waals surface area (Å²) in [4.78, 5) is 40.4. The Morgan fingerprint density at radius 1 is 1.16 bits per heavy atom. The molecule has 0 radical (unpaired) electrons. The first-order chi connectivity index (χ1) is 18.1. The van der Waals surface area contributed by atoms with Crippen LogP contribution in [-0.2, 0) is 20.6 Å². The number of ether oxygens (including phenoxy) is 1. The monoisotopic (exact) mass is 521 g/mol. The van der Waals surface area contributed by atoms with Gasteiger partial charge in [0.1, 0.15) is 18.5 Å². The van der Waals surface area contributed by atoms with Gasteiger partial charge in [-0.25, -0.2) is 10.2 Å². The number of aryl methyl sites for hydroxylation is 2. The molecule has 13 heteroatoms. The molecule has 0 aliphatic rings. The van der Waals surface area contributed by atoms with Gasteiger partial charge in [0.2, 0.25) is 5.95 Å². The third kappa shape index (κ3) is 5.18. The van der Waals surface area contributed by atoms with Crippen molar-refractivity contribution < 1.29 is 14.8 Å². The van der Waals surface area contributed by atoms with Crippen molar-refractivity contribution in [1.82, 2.24) is 18.7 Å². The first-order valence-electron chi connectivity index (χ1n) is 11.7. The lowest BCUT2D eigenvalue weighted by molar-refractivity contribution is -0.384. The van der Waals surface area contributed by atoms with Crippen molar-refractivity contribution in [2.75, 3.05) is 12.0 Å². The minimum absolute atomic E-state index is 0.0463. The van der Waals surface area contributed by atoms with Gasteiger partial charge in [-0.15, -0.1) is 0 Å². The topological polar surface area (TPSA) is 159 Å². The van der Waals surface area contributed by atoms with Crippen molar-refractivity contribution in [2.45, 2.75) is 26.5 Å². The summed E-state index contributed by atoms with van der Waals surface area (Å²) in [5, 5.41) is 26.0. The van der Waals surface area contributed by atoms with Crippen LogP contribution in [0.25, 0.3) is 11.2 Å². The first-order valence-corrected chi connectivity index (χ1v) is 11.7. The van der Waals surface area contributed by atoms with Crippen LogP contribution in [0.1, 0.15) is 18.1 Å². The Morgan fingerprint density at radius 3 is 2.50 bits per heavy atom. The van der Waals surface area contributed by atoms with Gasteiger partial charge in [0.15, 0.2) is 11.2 Å². The Balaban J connectivity index is 1.68. The van der Waals surface area contributed by atoms with E-state index in [4.69, 9.17) is 4.74 Å². The Morgan fingerprint density at radius 2 is 1.84 bits per heavy atom. The molecule has 2 aromatic heterocycles. The molecule has 0 spiro atoms. The van der Waals surface area contributed by atoms with E-state index >= 15 is 0 Å². The highest BCUT2D eigenvalue weighted by Gasteiger charge is 2.21. The maximum Gasteiger partial charge on any atom is 0.332 e. The van der Waals surface area contributed by atoms with E-state index in [-0.39, 0.29) is 36.0 Å². The summed E-state index contributed by atoms with van der Waals surface area (Å²) < 4.78 is 9.42. The SMILES string of the molecule is C/C(=N\Nc1nc2c(c(=O)n(C)c(=O)n2C)n1C[C@H](O)COc1ccccc1C)c1ccc([N+](=O)[O-])cc1. The van der Waals surface area contributed by atoms with Crippen LogP contribution in [0.3, 0.4) is 0 Å². The van der Waals surface area contributed by atoms with Crippen LogP contribution < -0.4 is 21.4 Å². The summed E-state index contributed by atoms with van der Waals surface area (Å²) in [5.74, 6) is 0.747. The number of nitrogens with zero attached hydrogens (tertiary/aromatic N) is 6. The molecule has 2 heterocycles. The number of hydrazone groups is 1. The number of imidazole rings is 1. The summed E-state index contributed by atoms with van der Waals surface area (Å²) in [5.41, 5.74) is 3.89. The molecule has 38 heavy (non-hydrogen) atoms. The first kappa shape index (κ1) is 26.3. The quantitative estimate of drug-likeness (QED) is 0.192. The predicted octanol–water partition coefficient (Wildman–Crippen LogP) is 1.93. The maximum absolute atomic E-state index is 13.0. The average Bonchev–Trinajstić information content (AvgIpc) is 3.26. The number of non-ortho nitro benzene ring substituents is 1. The van der Waals surface area contributed by atoms with Crippen LogP contribution in [0.5, 0.6) is 5.75 Å². The number of benzene rings is 2. The number of para-hydroxylation sites is 1. The molecule has 0 saturated heterocycles. The number of nitrogens with one attached hydrogen (secondary N) is 1.